The first kappa shape index (κ1) is 14.6. The van der Waals surface area contributed by atoms with E-state index in [2.05, 4.69) is 0 Å². The quantitative estimate of drug-likeness (QED) is 0.804. The topological polar surface area (TPSA) is 54.5 Å². The van der Waals surface area contributed by atoms with Gasteiger partial charge in [-0.3, -0.25) is 4.79 Å². The molecule has 1 aromatic rings. The average Bonchev–Trinajstić information content (AvgIpc) is 2.61. The summed E-state index contributed by atoms with van der Waals surface area (Å²) in [6.45, 7) is 2.23. The minimum absolute atomic E-state index is 0.106. The number of halogens is 2. The second-order valence-electron chi connectivity index (χ2n) is 4.71. The van der Waals surface area contributed by atoms with Crippen LogP contribution in [0.2, 0.25) is 5.02 Å². The molecule has 0 saturated carbocycles. The molecular formula is C12H13Cl2NO3S. The second-order valence-corrected chi connectivity index (χ2v) is 7.94. The Morgan fingerprint density at radius 2 is 2.11 bits per heavy atom. The summed E-state index contributed by atoms with van der Waals surface area (Å²) < 4.78 is 22.1. The van der Waals surface area contributed by atoms with E-state index < -0.39 is 9.05 Å². The van der Waals surface area contributed by atoms with Crippen LogP contribution in [0.15, 0.2) is 18.2 Å². The molecular weight excluding hydrogens is 309 g/mol. The standard InChI is InChI=1S/C12H13Cl2NO3S/c1-8-2-3-10(5-11(8)13)15-6-9(4-12(15)16)7-19(14,17)18/h2-3,5,9H,4,6-7H2,1H3. The predicted octanol–water partition coefficient (Wildman–Crippen LogP) is 2.57. The van der Waals surface area contributed by atoms with Gasteiger partial charge in [0.05, 0.1) is 5.75 Å². The van der Waals surface area contributed by atoms with Crippen molar-refractivity contribution >= 4 is 42.9 Å². The molecule has 0 N–H and O–H groups in total. The SMILES string of the molecule is Cc1ccc(N2CC(CS(=O)(=O)Cl)CC2=O)cc1Cl. The number of hydrogen-bond donors (Lipinski definition) is 0. The number of benzene rings is 1. The van der Waals surface area contributed by atoms with Crippen molar-refractivity contribution in [3.63, 3.8) is 0 Å². The van der Waals surface area contributed by atoms with Crippen molar-refractivity contribution in [3.05, 3.63) is 28.8 Å². The van der Waals surface area contributed by atoms with Crippen LogP contribution in [0.4, 0.5) is 5.69 Å². The third kappa shape index (κ3) is 3.61. The largest absolute Gasteiger partial charge is 0.312 e. The minimum atomic E-state index is -3.58. The van der Waals surface area contributed by atoms with Gasteiger partial charge in [0.2, 0.25) is 15.0 Å². The Morgan fingerprint density at radius 3 is 2.68 bits per heavy atom. The summed E-state index contributed by atoms with van der Waals surface area (Å²) in [5, 5.41) is 0.582. The van der Waals surface area contributed by atoms with Crippen LogP contribution >= 0.6 is 22.3 Å². The molecule has 4 nitrogen and oxygen atoms in total. The summed E-state index contributed by atoms with van der Waals surface area (Å²) in [6.07, 6.45) is 0.192. The molecule has 1 amide bonds. The lowest BCUT2D eigenvalue weighted by Gasteiger charge is -2.17. The van der Waals surface area contributed by atoms with Gasteiger partial charge in [-0.25, -0.2) is 8.42 Å². The van der Waals surface area contributed by atoms with Gasteiger partial charge in [0.25, 0.3) is 0 Å². The molecule has 0 spiro atoms. The number of amides is 1. The van der Waals surface area contributed by atoms with E-state index in [9.17, 15) is 13.2 Å². The van der Waals surface area contributed by atoms with E-state index in [1.165, 1.54) is 0 Å². The number of rotatable bonds is 3. The van der Waals surface area contributed by atoms with Gasteiger partial charge in [0.15, 0.2) is 0 Å². The van der Waals surface area contributed by atoms with Gasteiger partial charge in [-0.15, -0.1) is 0 Å². The molecule has 2 rings (SSSR count). The van der Waals surface area contributed by atoms with Crippen molar-refractivity contribution in [1.82, 2.24) is 0 Å². The number of aryl methyl sites for hydroxylation is 1. The summed E-state index contributed by atoms with van der Waals surface area (Å²) in [7, 11) is 1.64. The highest BCUT2D eigenvalue weighted by Crippen LogP contribution is 2.29. The van der Waals surface area contributed by atoms with Crippen LogP contribution in [0.25, 0.3) is 0 Å². The Kier molecular flexibility index (Phi) is 4.08. The smallest absolute Gasteiger partial charge is 0.232 e. The molecule has 1 unspecified atom stereocenters. The Morgan fingerprint density at radius 1 is 1.42 bits per heavy atom. The molecule has 1 heterocycles. The molecule has 7 heteroatoms. The molecule has 1 fully saturated rings. The molecule has 1 aliphatic heterocycles. The van der Waals surface area contributed by atoms with E-state index in [1.807, 2.05) is 13.0 Å². The highest BCUT2D eigenvalue weighted by Gasteiger charge is 2.33. The zero-order valence-electron chi connectivity index (χ0n) is 10.3. The van der Waals surface area contributed by atoms with Crippen LogP contribution in [0.1, 0.15) is 12.0 Å². The van der Waals surface area contributed by atoms with Crippen molar-refractivity contribution in [2.75, 3.05) is 17.2 Å². The summed E-state index contributed by atoms with van der Waals surface area (Å²) in [4.78, 5) is 13.5. The number of anilines is 1. The first-order valence-corrected chi connectivity index (χ1v) is 8.61. The van der Waals surface area contributed by atoms with Gasteiger partial charge >= 0.3 is 0 Å². The molecule has 0 radical (unpaired) electrons. The maximum absolute atomic E-state index is 11.9. The number of hydrogen-bond acceptors (Lipinski definition) is 3. The molecule has 0 bridgehead atoms. The third-order valence-corrected chi connectivity index (χ3v) is 4.76. The molecule has 0 aromatic heterocycles. The zero-order chi connectivity index (χ0) is 14.2. The third-order valence-electron chi connectivity index (χ3n) is 3.11. The van der Waals surface area contributed by atoms with Gasteiger partial charge in [0, 0.05) is 40.3 Å². The van der Waals surface area contributed by atoms with Crippen LogP contribution < -0.4 is 4.90 Å². The fourth-order valence-corrected chi connectivity index (χ4v) is 3.67. The first-order chi connectivity index (χ1) is 8.76. The summed E-state index contributed by atoms with van der Waals surface area (Å²) in [5.41, 5.74) is 1.62. The Bertz CT molecular complexity index is 615. The molecule has 0 aliphatic carbocycles. The normalized spacial score (nSPS) is 20.1. The molecule has 19 heavy (non-hydrogen) atoms. The van der Waals surface area contributed by atoms with E-state index in [4.69, 9.17) is 22.3 Å². The Balaban J connectivity index is 2.18. The van der Waals surface area contributed by atoms with E-state index in [1.54, 1.807) is 17.0 Å². The van der Waals surface area contributed by atoms with Crippen LogP contribution in [0, 0.1) is 12.8 Å². The highest BCUT2D eigenvalue weighted by atomic mass is 35.7. The average molecular weight is 322 g/mol. The fraction of sp³-hybridized carbons (Fsp3) is 0.417. The van der Waals surface area contributed by atoms with Gasteiger partial charge in [-0.1, -0.05) is 17.7 Å². The van der Waals surface area contributed by atoms with Gasteiger partial charge in [-0.2, -0.15) is 0 Å². The first-order valence-electron chi connectivity index (χ1n) is 5.75. The highest BCUT2D eigenvalue weighted by molar-refractivity contribution is 8.13. The van der Waals surface area contributed by atoms with Gasteiger partial charge in [0.1, 0.15) is 0 Å². The molecule has 1 saturated heterocycles. The molecule has 104 valence electrons. The van der Waals surface area contributed by atoms with E-state index in [0.29, 0.717) is 17.3 Å². The monoisotopic (exact) mass is 321 g/mol. The van der Waals surface area contributed by atoms with E-state index >= 15 is 0 Å². The summed E-state index contributed by atoms with van der Waals surface area (Å²) in [5.74, 6) is -0.559. The number of carbonyl (C=O) groups is 1. The second kappa shape index (κ2) is 5.31. The van der Waals surface area contributed by atoms with E-state index in [-0.39, 0.29) is 24.0 Å². The van der Waals surface area contributed by atoms with Crippen LogP contribution in [0.3, 0.4) is 0 Å². The van der Waals surface area contributed by atoms with Crippen molar-refractivity contribution in [2.45, 2.75) is 13.3 Å². The maximum atomic E-state index is 11.9. The number of nitrogens with zero attached hydrogens (tertiary/aromatic N) is 1. The van der Waals surface area contributed by atoms with Gasteiger partial charge < -0.3 is 4.90 Å². The van der Waals surface area contributed by atoms with E-state index in [0.717, 1.165) is 5.56 Å². The lowest BCUT2D eigenvalue weighted by atomic mass is 10.1. The van der Waals surface area contributed by atoms with Crippen molar-refractivity contribution in [2.24, 2.45) is 5.92 Å². The van der Waals surface area contributed by atoms with Crippen molar-refractivity contribution in [3.8, 4) is 0 Å². The molecule has 1 aromatic carbocycles. The Hall–Kier alpha value is -0.780. The summed E-state index contributed by atoms with van der Waals surface area (Å²) >= 11 is 6.03. The zero-order valence-corrected chi connectivity index (χ0v) is 12.6. The Labute approximate surface area is 121 Å². The fourth-order valence-electron chi connectivity index (χ4n) is 2.17. The molecule has 1 aliphatic rings. The lowest BCUT2D eigenvalue weighted by molar-refractivity contribution is -0.117. The van der Waals surface area contributed by atoms with Gasteiger partial charge in [-0.05, 0) is 24.6 Å². The predicted molar refractivity (Wildman–Crippen MR) is 76.3 cm³/mol. The van der Waals surface area contributed by atoms with Crippen LogP contribution in [-0.4, -0.2) is 26.6 Å². The van der Waals surface area contributed by atoms with Crippen molar-refractivity contribution in [1.29, 1.82) is 0 Å². The minimum Gasteiger partial charge on any atom is -0.312 e. The van der Waals surface area contributed by atoms with Crippen LogP contribution in [-0.2, 0) is 13.8 Å². The van der Waals surface area contributed by atoms with Crippen molar-refractivity contribution < 1.29 is 13.2 Å². The lowest BCUT2D eigenvalue weighted by Crippen LogP contribution is -2.25. The number of carbonyl (C=O) groups excluding carboxylic acids is 1. The van der Waals surface area contributed by atoms with Crippen LogP contribution in [0.5, 0.6) is 0 Å². The molecule has 1 atom stereocenters. The summed E-state index contributed by atoms with van der Waals surface area (Å²) in [6, 6.07) is 5.35. The maximum Gasteiger partial charge on any atom is 0.232 e.